The first-order chi connectivity index (χ1) is 14.9. The van der Waals surface area contributed by atoms with Crippen LogP contribution in [0.2, 0.25) is 0 Å². The Hall–Kier alpha value is -2.94. The molecule has 0 radical (unpaired) electrons. The number of hydrogen-bond donors (Lipinski definition) is 2. The van der Waals surface area contributed by atoms with Crippen LogP contribution in [0.15, 0.2) is 18.2 Å². The third-order valence-electron chi connectivity index (χ3n) is 6.32. The fraction of sp³-hybridized carbons (Fsp3) is 0.545. The first-order valence-corrected chi connectivity index (χ1v) is 10.8. The van der Waals surface area contributed by atoms with E-state index in [2.05, 4.69) is 22.6 Å². The van der Waals surface area contributed by atoms with Crippen LogP contribution in [0.5, 0.6) is 0 Å². The van der Waals surface area contributed by atoms with Gasteiger partial charge in [-0.15, -0.1) is 0 Å². The van der Waals surface area contributed by atoms with Gasteiger partial charge in [-0.25, -0.2) is 4.79 Å². The molecule has 0 spiro atoms. The van der Waals surface area contributed by atoms with Gasteiger partial charge >= 0.3 is 6.09 Å². The number of piperidine rings is 2. The quantitative estimate of drug-likeness (QED) is 0.678. The number of carbonyl (C=O) groups excluding carboxylic acids is 4. The Morgan fingerprint density at radius 3 is 2.71 bits per heavy atom. The van der Waals surface area contributed by atoms with E-state index in [0.29, 0.717) is 31.1 Å². The average molecular weight is 428 g/mol. The van der Waals surface area contributed by atoms with Gasteiger partial charge in [0.25, 0.3) is 5.91 Å². The molecular weight excluding hydrogens is 400 g/mol. The van der Waals surface area contributed by atoms with Crippen molar-refractivity contribution in [2.75, 3.05) is 26.7 Å². The maximum absolute atomic E-state index is 12.9. The molecular formula is C22H28N4O5. The fourth-order valence-corrected chi connectivity index (χ4v) is 4.36. The predicted octanol–water partition coefficient (Wildman–Crippen LogP) is 1.02. The summed E-state index contributed by atoms with van der Waals surface area (Å²) >= 11 is 0. The number of benzene rings is 1. The lowest BCUT2D eigenvalue weighted by Crippen LogP contribution is -2.52. The minimum atomic E-state index is -0.631. The van der Waals surface area contributed by atoms with Gasteiger partial charge in [0.2, 0.25) is 11.8 Å². The summed E-state index contributed by atoms with van der Waals surface area (Å²) in [7, 11) is 2.09. The van der Waals surface area contributed by atoms with E-state index in [1.165, 1.54) is 4.90 Å². The maximum Gasteiger partial charge on any atom is 0.407 e. The standard InChI is InChI=1S/C22H28N4O5/c1-25-8-6-14(7-9-25)13-31-22(30)23-11-15-2-3-16-12-26(21(29)17(16)10-15)18-4-5-19(27)24-20(18)28/h2-3,10,14,18H,4-9,11-13H2,1H3,(H,23,30)(H,24,27,28). The summed E-state index contributed by atoms with van der Waals surface area (Å²) in [5.41, 5.74) is 2.15. The molecule has 1 aromatic carbocycles. The van der Waals surface area contributed by atoms with Crippen LogP contribution in [0.1, 0.15) is 47.2 Å². The van der Waals surface area contributed by atoms with Gasteiger partial charge in [0.15, 0.2) is 0 Å². The summed E-state index contributed by atoms with van der Waals surface area (Å²) in [6.45, 7) is 3.06. The van der Waals surface area contributed by atoms with Crippen molar-refractivity contribution in [3.8, 4) is 0 Å². The van der Waals surface area contributed by atoms with Crippen LogP contribution in [0.3, 0.4) is 0 Å². The zero-order chi connectivity index (χ0) is 22.0. The number of ether oxygens (including phenoxy) is 1. The number of amides is 4. The van der Waals surface area contributed by atoms with Crippen LogP contribution in [0.4, 0.5) is 4.79 Å². The Kier molecular flexibility index (Phi) is 6.22. The SMILES string of the molecule is CN1CCC(COC(=O)NCc2ccc3c(c2)C(=O)N(C2CCC(=O)NC2=O)C3)CC1. The first-order valence-electron chi connectivity index (χ1n) is 10.8. The van der Waals surface area contributed by atoms with Gasteiger partial charge in [-0.1, -0.05) is 12.1 Å². The maximum atomic E-state index is 12.9. The van der Waals surface area contributed by atoms with Crippen LogP contribution in [0.25, 0.3) is 0 Å². The van der Waals surface area contributed by atoms with Gasteiger partial charge in [0.05, 0.1) is 6.61 Å². The molecule has 2 fully saturated rings. The van der Waals surface area contributed by atoms with Crippen LogP contribution in [-0.2, 0) is 27.4 Å². The molecule has 9 nitrogen and oxygen atoms in total. The average Bonchev–Trinajstić information content (AvgIpc) is 3.07. The van der Waals surface area contributed by atoms with Crippen molar-refractivity contribution < 1.29 is 23.9 Å². The van der Waals surface area contributed by atoms with E-state index in [1.54, 1.807) is 6.07 Å². The van der Waals surface area contributed by atoms with E-state index >= 15 is 0 Å². The molecule has 1 unspecified atom stereocenters. The van der Waals surface area contributed by atoms with Gasteiger partial charge in [0.1, 0.15) is 6.04 Å². The summed E-state index contributed by atoms with van der Waals surface area (Å²) in [5, 5.41) is 5.04. The lowest BCUT2D eigenvalue weighted by Gasteiger charge is -2.29. The van der Waals surface area contributed by atoms with E-state index in [0.717, 1.165) is 37.1 Å². The Labute approximate surface area is 181 Å². The van der Waals surface area contributed by atoms with Gasteiger partial charge in [-0.05, 0) is 62.5 Å². The number of alkyl carbamates (subject to hydrolysis) is 1. The minimum absolute atomic E-state index is 0.226. The normalized spacial score (nSPS) is 22.3. The molecule has 1 atom stereocenters. The van der Waals surface area contributed by atoms with Crippen LogP contribution in [0, 0.1) is 5.92 Å². The number of rotatable bonds is 5. The van der Waals surface area contributed by atoms with Crippen molar-refractivity contribution in [3.63, 3.8) is 0 Å². The van der Waals surface area contributed by atoms with E-state index in [1.807, 2.05) is 12.1 Å². The van der Waals surface area contributed by atoms with Crippen LogP contribution < -0.4 is 10.6 Å². The van der Waals surface area contributed by atoms with Crippen molar-refractivity contribution in [2.45, 2.75) is 44.8 Å². The molecule has 3 aliphatic heterocycles. The zero-order valence-corrected chi connectivity index (χ0v) is 17.7. The molecule has 1 aromatic rings. The van der Waals surface area contributed by atoms with Gasteiger partial charge in [-0.2, -0.15) is 0 Å². The number of imide groups is 1. The molecule has 0 aliphatic carbocycles. The van der Waals surface area contributed by atoms with Crippen LogP contribution >= 0.6 is 0 Å². The molecule has 2 saturated heterocycles. The van der Waals surface area contributed by atoms with Crippen molar-refractivity contribution in [2.24, 2.45) is 5.92 Å². The topological polar surface area (TPSA) is 108 Å². The highest BCUT2D eigenvalue weighted by molar-refractivity contribution is 6.05. The molecule has 9 heteroatoms. The molecule has 0 saturated carbocycles. The third kappa shape index (κ3) is 4.87. The molecule has 3 aliphatic rings. The van der Waals surface area contributed by atoms with Crippen molar-refractivity contribution in [3.05, 3.63) is 34.9 Å². The molecule has 166 valence electrons. The molecule has 0 aromatic heterocycles. The number of likely N-dealkylation sites (tertiary alicyclic amines) is 1. The summed E-state index contributed by atoms with van der Waals surface area (Å²) < 4.78 is 5.35. The third-order valence-corrected chi connectivity index (χ3v) is 6.32. The highest BCUT2D eigenvalue weighted by Crippen LogP contribution is 2.28. The predicted molar refractivity (Wildman–Crippen MR) is 111 cm³/mol. The smallest absolute Gasteiger partial charge is 0.407 e. The highest BCUT2D eigenvalue weighted by atomic mass is 16.5. The van der Waals surface area contributed by atoms with Crippen LogP contribution in [-0.4, -0.2) is 66.4 Å². The van der Waals surface area contributed by atoms with E-state index < -0.39 is 18.0 Å². The number of fused-ring (bicyclic) bond motifs is 1. The lowest BCUT2D eigenvalue weighted by atomic mass is 9.98. The van der Waals surface area contributed by atoms with E-state index in [9.17, 15) is 19.2 Å². The molecule has 31 heavy (non-hydrogen) atoms. The number of hydrogen-bond acceptors (Lipinski definition) is 6. The Bertz CT molecular complexity index is 894. The molecule has 4 amide bonds. The second-order valence-electron chi connectivity index (χ2n) is 8.59. The molecule has 2 N–H and O–H groups in total. The monoisotopic (exact) mass is 428 g/mol. The number of carbonyl (C=O) groups is 4. The van der Waals surface area contributed by atoms with E-state index in [4.69, 9.17) is 4.74 Å². The summed E-state index contributed by atoms with van der Waals surface area (Å²) in [6.07, 6.45) is 2.16. The number of nitrogens with zero attached hydrogens (tertiary/aromatic N) is 2. The molecule has 4 rings (SSSR count). The second-order valence-corrected chi connectivity index (χ2v) is 8.59. The largest absolute Gasteiger partial charge is 0.449 e. The minimum Gasteiger partial charge on any atom is -0.449 e. The van der Waals surface area contributed by atoms with Crippen molar-refractivity contribution in [1.29, 1.82) is 0 Å². The van der Waals surface area contributed by atoms with Crippen molar-refractivity contribution >= 4 is 23.8 Å². The fourth-order valence-electron chi connectivity index (χ4n) is 4.36. The molecule has 3 heterocycles. The first kappa shape index (κ1) is 21.3. The summed E-state index contributed by atoms with van der Waals surface area (Å²) in [5.74, 6) is -0.554. The highest BCUT2D eigenvalue weighted by Gasteiger charge is 2.39. The summed E-state index contributed by atoms with van der Waals surface area (Å²) in [6, 6.07) is 4.83. The van der Waals surface area contributed by atoms with Gasteiger partial charge < -0.3 is 19.9 Å². The number of nitrogens with one attached hydrogen (secondary N) is 2. The van der Waals surface area contributed by atoms with E-state index in [-0.39, 0.29) is 24.8 Å². The summed E-state index contributed by atoms with van der Waals surface area (Å²) in [4.78, 5) is 52.2. The second kappa shape index (κ2) is 9.05. The van der Waals surface area contributed by atoms with Crippen molar-refractivity contribution in [1.82, 2.24) is 20.4 Å². The lowest BCUT2D eigenvalue weighted by molar-refractivity contribution is -0.136. The molecule has 0 bridgehead atoms. The van der Waals surface area contributed by atoms with Gasteiger partial charge in [0, 0.05) is 25.1 Å². The Balaban J connectivity index is 1.29. The zero-order valence-electron chi connectivity index (χ0n) is 17.7. The Morgan fingerprint density at radius 1 is 1.19 bits per heavy atom. The Morgan fingerprint density at radius 2 is 1.97 bits per heavy atom. The van der Waals surface area contributed by atoms with Gasteiger partial charge in [-0.3, -0.25) is 19.7 Å².